The zero-order chi connectivity index (χ0) is 14.7. The number of dihydropyridines is 1. The molecule has 0 aliphatic carbocycles. The number of hydrogen-bond donors (Lipinski definition) is 1. The Kier molecular flexibility index (Phi) is 3.64. The number of ether oxygens (including phenoxy) is 1. The maximum Gasteiger partial charge on any atom is 0.337 e. The maximum absolute atomic E-state index is 11.4. The number of rotatable bonds is 3. The molecule has 0 saturated heterocycles. The van der Waals surface area contributed by atoms with Gasteiger partial charge in [0.05, 0.1) is 24.9 Å². The summed E-state index contributed by atoms with van der Waals surface area (Å²) in [7, 11) is 1.38. The Balaban J connectivity index is 1.84. The van der Waals surface area contributed by atoms with E-state index in [-0.39, 0.29) is 12.0 Å². The number of aliphatic imine (C=N–C) groups is 1. The minimum atomic E-state index is -0.330. The Hall–Kier alpha value is -2.69. The molecule has 2 aromatic rings. The molecule has 5 nitrogen and oxygen atoms in total. The monoisotopic (exact) mass is 281 g/mol. The molecule has 0 fully saturated rings. The molecule has 1 atom stereocenters. The summed E-state index contributed by atoms with van der Waals surface area (Å²) in [6.45, 7) is 0. The average Bonchev–Trinajstić information content (AvgIpc) is 3.09. The first kappa shape index (κ1) is 13.3. The molecule has 1 N–H and O–H groups in total. The van der Waals surface area contributed by atoms with Gasteiger partial charge in [-0.3, -0.25) is 10.1 Å². The molecule has 1 aromatic carbocycles. The lowest BCUT2D eigenvalue weighted by atomic mass is 9.97. The smallest absolute Gasteiger partial charge is 0.337 e. The Morgan fingerprint density at radius 3 is 2.81 bits per heavy atom. The molecule has 1 aliphatic heterocycles. The van der Waals surface area contributed by atoms with Crippen LogP contribution in [0.3, 0.4) is 0 Å². The lowest BCUT2D eigenvalue weighted by Gasteiger charge is -2.15. The highest BCUT2D eigenvalue weighted by Gasteiger charge is 2.14. The quantitative estimate of drug-likeness (QED) is 0.880. The van der Waals surface area contributed by atoms with Gasteiger partial charge in [-0.15, -0.1) is 0 Å². The highest BCUT2D eigenvalue weighted by atomic mass is 16.5. The lowest BCUT2D eigenvalue weighted by Crippen LogP contribution is -2.03. The van der Waals surface area contributed by atoms with E-state index in [0.717, 1.165) is 17.5 Å². The fourth-order valence-electron chi connectivity index (χ4n) is 2.32. The topological polar surface area (TPSA) is 67.3 Å². The van der Waals surface area contributed by atoms with Gasteiger partial charge in [0.1, 0.15) is 0 Å². The summed E-state index contributed by atoms with van der Waals surface area (Å²) in [6.07, 6.45) is 8.53. The van der Waals surface area contributed by atoms with E-state index in [0.29, 0.717) is 5.56 Å². The van der Waals surface area contributed by atoms with Crippen LogP contribution in [-0.4, -0.2) is 29.5 Å². The SMILES string of the molecule is COC(=O)c1ccc([C@@H]2C=C(c3cn[nH]c3)CC=N2)cc1. The molecule has 1 aliphatic rings. The van der Waals surface area contributed by atoms with Crippen molar-refractivity contribution in [3.63, 3.8) is 0 Å². The number of methoxy groups -OCH3 is 1. The number of hydrogen-bond acceptors (Lipinski definition) is 4. The molecule has 0 amide bonds. The van der Waals surface area contributed by atoms with Gasteiger partial charge >= 0.3 is 5.97 Å². The van der Waals surface area contributed by atoms with Crippen LogP contribution in [-0.2, 0) is 4.74 Å². The van der Waals surface area contributed by atoms with Crippen LogP contribution in [0.25, 0.3) is 5.57 Å². The number of aromatic nitrogens is 2. The molecule has 106 valence electrons. The van der Waals surface area contributed by atoms with Gasteiger partial charge in [0.2, 0.25) is 0 Å². The summed E-state index contributed by atoms with van der Waals surface area (Å²) in [5.74, 6) is -0.330. The van der Waals surface area contributed by atoms with Crippen LogP contribution in [0, 0.1) is 0 Å². The Labute approximate surface area is 122 Å². The summed E-state index contributed by atoms with van der Waals surface area (Å²) in [5.41, 5.74) is 3.86. The van der Waals surface area contributed by atoms with E-state index in [1.807, 2.05) is 30.7 Å². The first-order valence-corrected chi connectivity index (χ1v) is 6.67. The number of aromatic amines is 1. The highest BCUT2D eigenvalue weighted by molar-refractivity contribution is 5.89. The normalized spacial score (nSPS) is 17.4. The zero-order valence-corrected chi connectivity index (χ0v) is 11.6. The molecule has 0 spiro atoms. The molecule has 0 unspecified atom stereocenters. The Morgan fingerprint density at radius 2 is 2.14 bits per heavy atom. The van der Waals surface area contributed by atoms with E-state index in [4.69, 9.17) is 4.74 Å². The Morgan fingerprint density at radius 1 is 1.33 bits per heavy atom. The van der Waals surface area contributed by atoms with E-state index in [1.54, 1.807) is 12.1 Å². The van der Waals surface area contributed by atoms with Crippen molar-refractivity contribution < 1.29 is 9.53 Å². The van der Waals surface area contributed by atoms with Crippen LogP contribution in [0.5, 0.6) is 0 Å². The number of nitrogens with zero attached hydrogens (tertiary/aromatic N) is 2. The number of carbonyl (C=O) groups excluding carboxylic acids is 1. The number of carbonyl (C=O) groups is 1. The minimum absolute atomic E-state index is 0.0321. The van der Waals surface area contributed by atoms with Gasteiger partial charge < -0.3 is 4.74 Å². The second-order valence-electron chi connectivity index (χ2n) is 4.77. The van der Waals surface area contributed by atoms with Gasteiger partial charge in [0.15, 0.2) is 0 Å². The van der Waals surface area contributed by atoms with Crippen molar-refractivity contribution in [2.75, 3.05) is 7.11 Å². The molecule has 0 bridgehead atoms. The van der Waals surface area contributed by atoms with Crippen LogP contribution < -0.4 is 0 Å². The summed E-state index contributed by atoms with van der Waals surface area (Å²) < 4.78 is 4.70. The lowest BCUT2D eigenvalue weighted by molar-refractivity contribution is 0.0600. The fourth-order valence-corrected chi connectivity index (χ4v) is 2.32. The van der Waals surface area contributed by atoms with Crippen molar-refractivity contribution in [2.24, 2.45) is 4.99 Å². The summed E-state index contributed by atoms with van der Waals surface area (Å²) >= 11 is 0. The van der Waals surface area contributed by atoms with Crippen molar-refractivity contribution in [1.82, 2.24) is 10.2 Å². The van der Waals surface area contributed by atoms with Crippen molar-refractivity contribution >= 4 is 17.8 Å². The van der Waals surface area contributed by atoms with Gasteiger partial charge in [-0.25, -0.2) is 4.79 Å². The number of H-pyrrole nitrogens is 1. The van der Waals surface area contributed by atoms with Crippen LogP contribution in [0.4, 0.5) is 0 Å². The summed E-state index contributed by atoms with van der Waals surface area (Å²) in [5, 5.41) is 6.80. The summed E-state index contributed by atoms with van der Waals surface area (Å²) in [6, 6.07) is 7.30. The van der Waals surface area contributed by atoms with Crippen molar-refractivity contribution in [2.45, 2.75) is 12.5 Å². The molecule has 5 heteroatoms. The minimum Gasteiger partial charge on any atom is -0.465 e. The van der Waals surface area contributed by atoms with E-state index in [9.17, 15) is 4.79 Å². The molecule has 1 aromatic heterocycles. The average molecular weight is 281 g/mol. The second-order valence-corrected chi connectivity index (χ2v) is 4.77. The number of allylic oxidation sites excluding steroid dienone is 1. The van der Waals surface area contributed by atoms with Crippen molar-refractivity contribution in [3.05, 3.63) is 59.4 Å². The Bertz CT molecular complexity index is 685. The van der Waals surface area contributed by atoms with Gasteiger partial charge in [-0.05, 0) is 23.3 Å². The van der Waals surface area contributed by atoms with Crippen molar-refractivity contribution in [3.8, 4) is 0 Å². The molecule has 21 heavy (non-hydrogen) atoms. The molecule has 0 saturated carbocycles. The zero-order valence-electron chi connectivity index (χ0n) is 11.6. The molecule has 0 radical (unpaired) electrons. The number of nitrogens with one attached hydrogen (secondary N) is 1. The van der Waals surface area contributed by atoms with E-state index < -0.39 is 0 Å². The van der Waals surface area contributed by atoms with Crippen LogP contribution in [0.1, 0.15) is 33.9 Å². The molecule has 2 heterocycles. The van der Waals surface area contributed by atoms with E-state index >= 15 is 0 Å². The third-order valence-electron chi connectivity index (χ3n) is 3.48. The van der Waals surface area contributed by atoms with Gasteiger partial charge in [-0.2, -0.15) is 5.10 Å². The van der Waals surface area contributed by atoms with E-state index in [2.05, 4.69) is 21.3 Å². The third kappa shape index (κ3) is 2.76. The predicted molar refractivity (Wildman–Crippen MR) is 80.2 cm³/mol. The van der Waals surface area contributed by atoms with Crippen molar-refractivity contribution in [1.29, 1.82) is 0 Å². The van der Waals surface area contributed by atoms with Gasteiger partial charge in [-0.1, -0.05) is 18.2 Å². The largest absolute Gasteiger partial charge is 0.465 e. The molecule has 3 rings (SSSR count). The second kappa shape index (κ2) is 5.75. The maximum atomic E-state index is 11.4. The first-order chi connectivity index (χ1) is 10.3. The standard InChI is InChI=1S/C16H15N3O2/c1-21-16(20)12-4-2-11(3-5-12)15-8-13(6-7-17-15)14-9-18-19-10-14/h2-5,7-10,15H,6H2,1H3,(H,18,19)/t15-/m0/s1. The first-order valence-electron chi connectivity index (χ1n) is 6.67. The number of benzene rings is 1. The molecular weight excluding hydrogens is 266 g/mol. The fraction of sp³-hybridized carbons (Fsp3) is 0.188. The predicted octanol–water partition coefficient (Wildman–Crippen LogP) is 2.80. The van der Waals surface area contributed by atoms with E-state index in [1.165, 1.54) is 12.7 Å². The number of esters is 1. The van der Waals surface area contributed by atoms with Crippen LogP contribution in [0.15, 0.2) is 47.7 Å². The van der Waals surface area contributed by atoms with Gasteiger partial charge in [0.25, 0.3) is 0 Å². The highest BCUT2D eigenvalue weighted by Crippen LogP contribution is 2.29. The summed E-state index contributed by atoms with van der Waals surface area (Å²) in [4.78, 5) is 15.9. The van der Waals surface area contributed by atoms with Gasteiger partial charge in [0, 0.05) is 24.4 Å². The molecular formula is C16H15N3O2. The van der Waals surface area contributed by atoms with Crippen LogP contribution >= 0.6 is 0 Å². The van der Waals surface area contributed by atoms with Crippen LogP contribution in [0.2, 0.25) is 0 Å². The third-order valence-corrected chi connectivity index (χ3v) is 3.48.